The lowest BCUT2D eigenvalue weighted by atomic mass is 9.73. The summed E-state index contributed by atoms with van der Waals surface area (Å²) in [7, 11) is 0. The maximum atomic E-state index is 12.1. The van der Waals surface area contributed by atoms with Gasteiger partial charge >= 0.3 is 0 Å². The Labute approximate surface area is 112 Å². The van der Waals surface area contributed by atoms with Gasteiger partial charge in [0.05, 0.1) is 17.8 Å². The zero-order valence-electron chi connectivity index (χ0n) is 11.1. The van der Waals surface area contributed by atoms with Crippen LogP contribution in [0, 0.1) is 5.92 Å². The minimum absolute atomic E-state index is 0.0163. The molecule has 1 aliphatic carbocycles. The molecule has 2 N–H and O–H groups in total. The topological polar surface area (TPSA) is 66.8 Å². The zero-order valence-corrected chi connectivity index (χ0v) is 11.1. The third-order valence-corrected chi connectivity index (χ3v) is 4.30. The SMILES string of the molecule is CC1(C)O[C@H]2c3c(O)cccc3C(=O)C[C@H]2C[C@H]1O. The highest BCUT2D eigenvalue weighted by molar-refractivity contribution is 5.99. The van der Waals surface area contributed by atoms with Gasteiger partial charge < -0.3 is 14.9 Å². The summed E-state index contributed by atoms with van der Waals surface area (Å²) in [6, 6.07) is 4.99. The van der Waals surface area contributed by atoms with Crippen molar-refractivity contribution in [3.63, 3.8) is 0 Å². The molecule has 0 unspecified atom stereocenters. The van der Waals surface area contributed by atoms with Crippen molar-refractivity contribution >= 4 is 5.78 Å². The quantitative estimate of drug-likeness (QED) is 0.752. The van der Waals surface area contributed by atoms with E-state index in [1.54, 1.807) is 18.2 Å². The number of ether oxygens (including phenoxy) is 1. The average Bonchev–Trinajstić information content (AvgIpc) is 2.32. The van der Waals surface area contributed by atoms with Crippen LogP contribution in [0.15, 0.2) is 18.2 Å². The standard InChI is InChI=1S/C15H18O4/c1-15(2)12(18)7-8-6-11(17)9-4-3-5-10(16)13(9)14(8)19-15/h3-5,8,12,14,16,18H,6-7H2,1-2H3/t8-,12+,14+/m0/s1. The molecule has 4 heteroatoms. The molecule has 102 valence electrons. The number of fused-ring (bicyclic) bond motifs is 3. The van der Waals surface area contributed by atoms with Gasteiger partial charge in [-0.05, 0) is 32.3 Å². The summed E-state index contributed by atoms with van der Waals surface area (Å²) in [5, 5.41) is 20.1. The van der Waals surface area contributed by atoms with Crippen LogP contribution in [0.3, 0.4) is 0 Å². The highest BCUT2D eigenvalue weighted by Crippen LogP contribution is 2.49. The number of phenols is 1. The summed E-state index contributed by atoms with van der Waals surface area (Å²) >= 11 is 0. The third-order valence-electron chi connectivity index (χ3n) is 4.30. The van der Waals surface area contributed by atoms with Gasteiger partial charge in [-0.15, -0.1) is 0 Å². The highest BCUT2D eigenvalue weighted by atomic mass is 16.5. The Hall–Kier alpha value is -1.39. The molecule has 1 aromatic rings. The molecule has 2 aliphatic rings. The van der Waals surface area contributed by atoms with E-state index in [9.17, 15) is 15.0 Å². The number of ketones is 1. The fraction of sp³-hybridized carbons (Fsp3) is 0.533. The molecule has 19 heavy (non-hydrogen) atoms. The molecule has 0 saturated carbocycles. The maximum absolute atomic E-state index is 12.1. The van der Waals surface area contributed by atoms with E-state index >= 15 is 0 Å². The molecule has 1 heterocycles. The number of aromatic hydroxyl groups is 1. The Bertz CT molecular complexity index is 535. The molecule has 1 aliphatic heterocycles. The molecular formula is C15H18O4. The van der Waals surface area contributed by atoms with Gasteiger partial charge in [0.15, 0.2) is 5.78 Å². The lowest BCUT2D eigenvalue weighted by Crippen LogP contribution is -2.49. The highest BCUT2D eigenvalue weighted by Gasteiger charge is 2.47. The Morgan fingerprint density at radius 2 is 2.11 bits per heavy atom. The number of Topliss-reactive ketones (excluding diaryl/α,β-unsaturated/α-hetero) is 1. The van der Waals surface area contributed by atoms with Crippen LogP contribution < -0.4 is 0 Å². The fourth-order valence-electron chi connectivity index (χ4n) is 3.12. The predicted molar refractivity (Wildman–Crippen MR) is 69.1 cm³/mol. The molecule has 0 radical (unpaired) electrons. The van der Waals surface area contributed by atoms with Crippen molar-refractivity contribution < 1.29 is 19.7 Å². The van der Waals surface area contributed by atoms with Crippen molar-refractivity contribution in [2.24, 2.45) is 5.92 Å². The molecule has 1 aromatic carbocycles. The van der Waals surface area contributed by atoms with Gasteiger partial charge in [0.1, 0.15) is 5.75 Å². The van der Waals surface area contributed by atoms with Crippen molar-refractivity contribution in [1.82, 2.24) is 0 Å². The van der Waals surface area contributed by atoms with E-state index in [1.807, 2.05) is 13.8 Å². The van der Waals surface area contributed by atoms with Crippen molar-refractivity contribution in [3.05, 3.63) is 29.3 Å². The number of aliphatic hydroxyl groups is 1. The largest absolute Gasteiger partial charge is 0.508 e. The van der Waals surface area contributed by atoms with Gasteiger partial charge in [-0.1, -0.05) is 12.1 Å². The Balaban J connectivity index is 2.09. The van der Waals surface area contributed by atoms with Crippen LogP contribution in [0.25, 0.3) is 0 Å². The minimum Gasteiger partial charge on any atom is -0.508 e. The number of carbonyl (C=O) groups is 1. The van der Waals surface area contributed by atoms with Crippen LogP contribution >= 0.6 is 0 Å². The van der Waals surface area contributed by atoms with Crippen molar-refractivity contribution in [2.45, 2.75) is 44.5 Å². The second-order valence-corrected chi connectivity index (χ2v) is 6.02. The van der Waals surface area contributed by atoms with Gasteiger partial charge in [0.2, 0.25) is 0 Å². The molecule has 0 bridgehead atoms. The number of hydrogen-bond acceptors (Lipinski definition) is 4. The van der Waals surface area contributed by atoms with E-state index in [-0.39, 0.29) is 23.6 Å². The van der Waals surface area contributed by atoms with E-state index in [4.69, 9.17) is 4.74 Å². The first-order valence-electron chi connectivity index (χ1n) is 6.61. The predicted octanol–water partition coefficient (Wildman–Crippen LogP) is 2.20. The second kappa shape index (κ2) is 4.05. The van der Waals surface area contributed by atoms with Gasteiger partial charge in [-0.25, -0.2) is 0 Å². The zero-order chi connectivity index (χ0) is 13.8. The first-order valence-corrected chi connectivity index (χ1v) is 6.61. The maximum Gasteiger partial charge on any atom is 0.163 e. The van der Waals surface area contributed by atoms with Crippen LogP contribution in [-0.2, 0) is 4.74 Å². The van der Waals surface area contributed by atoms with Gasteiger partial charge in [0, 0.05) is 17.5 Å². The number of carbonyl (C=O) groups excluding carboxylic acids is 1. The van der Waals surface area contributed by atoms with Gasteiger partial charge in [-0.3, -0.25) is 4.79 Å². The lowest BCUT2D eigenvalue weighted by molar-refractivity contribution is -0.197. The van der Waals surface area contributed by atoms with Gasteiger partial charge in [-0.2, -0.15) is 0 Å². The smallest absolute Gasteiger partial charge is 0.163 e. The lowest BCUT2D eigenvalue weighted by Gasteiger charge is -2.46. The van der Waals surface area contributed by atoms with Crippen LogP contribution in [0.5, 0.6) is 5.75 Å². The normalized spacial score (nSPS) is 32.6. The van der Waals surface area contributed by atoms with E-state index in [1.165, 1.54) is 0 Å². The first-order chi connectivity index (χ1) is 8.90. The van der Waals surface area contributed by atoms with Crippen LogP contribution in [0.1, 0.15) is 48.7 Å². The summed E-state index contributed by atoms with van der Waals surface area (Å²) in [5.41, 5.74) is 0.471. The van der Waals surface area contributed by atoms with Crippen molar-refractivity contribution in [2.75, 3.05) is 0 Å². The summed E-state index contributed by atoms with van der Waals surface area (Å²) in [6.45, 7) is 3.67. The van der Waals surface area contributed by atoms with E-state index in [0.717, 1.165) is 0 Å². The van der Waals surface area contributed by atoms with Crippen LogP contribution in [0.2, 0.25) is 0 Å². The summed E-state index contributed by atoms with van der Waals surface area (Å²) < 4.78 is 5.98. The average molecular weight is 262 g/mol. The molecular weight excluding hydrogens is 244 g/mol. The Morgan fingerprint density at radius 3 is 2.84 bits per heavy atom. The monoisotopic (exact) mass is 262 g/mol. The van der Waals surface area contributed by atoms with Crippen molar-refractivity contribution in [3.8, 4) is 5.75 Å². The number of hydrogen-bond donors (Lipinski definition) is 2. The molecule has 3 rings (SSSR count). The van der Waals surface area contributed by atoms with Crippen molar-refractivity contribution in [1.29, 1.82) is 0 Å². The molecule has 4 nitrogen and oxygen atoms in total. The molecule has 0 aromatic heterocycles. The number of rotatable bonds is 0. The Morgan fingerprint density at radius 1 is 1.37 bits per heavy atom. The molecule has 0 amide bonds. The summed E-state index contributed by atoms with van der Waals surface area (Å²) in [4.78, 5) is 12.1. The minimum atomic E-state index is -0.666. The molecule has 0 spiro atoms. The molecule has 1 fully saturated rings. The molecule has 1 saturated heterocycles. The fourth-order valence-corrected chi connectivity index (χ4v) is 3.12. The van der Waals surface area contributed by atoms with E-state index < -0.39 is 11.7 Å². The molecule has 3 atom stereocenters. The summed E-state index contributed by atoms with van der Waals surface area (Å²) in [6.07, 6.45) is -0.00733. The van der Waals surface area contributed by atoms with Crippen LogP contribution in [-0.4, -0.2) is 27.7 Å². The van der Waals surface area contributed by atoms with Gasteiger partial charge in [0.25, 0.3) is 0 Å². The Kier molecular flexibility index (Phi) is 2.69. The summed E-state index contributed by atoms with van der Waals surface area (Å²) in [5.74, 6) is 0.0618. The number of phenolic OH excluding ortho intramolecular Hbond substituents is 1. The third kappa shape index (κ3) is 1.86. The first kappa shape index (κ1) is 12.6. The second-order valence-electron chi connectivity index (χ2n) is 6.02. The number of benzene rings is 1. The van der Waals surface area contributed by atoms with E-state index in [2.05, 4.69) is 0 Å². The van der Waals surface area contributed by atoms with E-state index in [0.29, 0.717) is 24.0 Å². The number of aliphatic hydroxyl groups excluding tert-OH is 1. The van der Waals surface area contributed by atoms with Crippen LogP contribution in [0.4, 0.5) is 0 Å².